The van der Waals surface area contributed by atoms with Gasteiger partial charge in [0.2, 0.25) is 0 Å². The van der Waals surface area contributed by atoms with E-state index in [1.54, 1.807) is 36.7 Å². The SMILES string of the molecule is O=C1c2cccc(Nc3cccc4cccnc34)c2C(=O)c2c(Nc3cccc4cccnc34)cccc21. The molecule has 0 radical (unpaired) electrons. The molecule has 7 rings (SSSR count). The number of rotatable bonds is 4. The van der Waals surface area contributed by atoms with E-state index in [0.717, 1.165) is 33.2 Å². The number of para-hydroxylation sites is 2. The first-order valence-electron chi connectivity index (χ1n) is 12.3. The van der Waals surface area contributed by atoms with E-state index >= 15 is 0 Å². The van der Waals surface area contributed by atoms with Crippen LogP contribution in [0.3, 0.4) is 0 Å². The van der Waals surface area contributed by atoms with E-state index in [2.05, 4.69) is 20.6 Å². The quantitative estimate of drug-likeness (QED) is 0.274. The number of ketones is 2. The van der Waals surface area contributed by atoms with E-state index in [4.69, 9.17) is 0 Å². The second-order valence-electron chi connectivity index (χ2n) is 9.13. The van der Waals surface area contributed by atoms with E-state index in [0.29, 0.717) is 33.6 Å². The van der Waals surface area contributed by atoms with E-state index < -0.39 is 0 Å². The van der Waals surface area contributed by atoms with Crippen molar-refractivity contribution in [2.45, 2.75) is 0 Å². The molecule has 6 nitrogen and oxygen atoms in total. The van der Waals surface area contributed by atoms with Crippen LogP contribution in [-0.2, 0) is 0 Å². The largest absolute Gasteiger partial charge is 0.353 e. The predicted octanol–water partition coefficient (Wildman–Crippen LogP) is 7.05. The summed E-state index contributed by atoms with van der Waals surface area (Å²) in [4.78, 5) is 36.8. The Labute approximate surface area is 218 Å². The lowest BCUT2D eigenvalue weighted by molar-refractivity contribution is 0.0980. The molecule has 38 heavy (non-hydrogen) atoms. The summed E-state index contributed by atoms with van der Waals surface area (Å²) in [6, 6.07) is 30.0. The van der Waals surface area contributed by atoms with Crippen LogP contribution in [0.25, 0.3) is 21.8 Å². The lowest BCUT2D eigenvalue weighted by atomic mass is 9.82. The highest BCUT2D eigenvalue weighted by Crippen LogP contribution is 2.38. The number of anilines is 4. The minimum absolute atomic E-state index is 0.186. The number of hydrogen-bond acceptors (Lipinski definition) is 6. The molecule has 0 aliphatic heterocycles. The van der Waals surface area contributed by atoms with Crippen molar-refractivity contribution in [3.8, 4) is 0 Å². The molecule has 0 bridgehead atoms. The topological polar surface area (TPSA) is 84.0 Å². The maximum Gasteiger partial charge on any atom is 0.198 e. The second kappa shape index (κ2) is 8.64. The first-order valence-corrected chi connectivity index (χ1v) is 12.3. The van der Waals surface area contributed by atoms with Gasteiger partial charge in [0.05, 0.1) is 44.9 Å². The van der Waals surface area contributed by atoms with Crippen molar-refractivity contribution in [3.05, 3.63) is 132 Å². The van der Waals surface area contributed by atoms with Gasteiger partial charge in [0.1, 0.15) is 0 Å². The third-order valence-electron chi connectivity index (χ3n) is 6.88. The predicted molar refractivity (Wildman–Crippen MR) is 150 cm³/mol. The highest BCUT2D eigenvalue weighted by atomic mass is 16.1. The Kier molecular flexibility index (Phi) is 4.97. The zero-order valence-electron chi connectivity index (χ0n) is 20.1. The summed E-state index contributed by atoms with van der Waals surface area (Å²) in [6.45, 7) is 0. The van der Waals surface area contributed by atoms with E-state index in [9.17, 15) is 9.59 Å². The number of pyridine rings is 2. The number of hydrogen-bond donors (Lipinski definition) is 2. The van der Waals surface area contributed by atoms with Crippen LogP contribution in [0.15, 0.2) is 109 Å². The van der Waals surface area contributed by atoms with Gasteiger partial charge in [-0.05, 0) is 36.4 Å². The summed E-state index contributed by atoms with van der Waals surface area (Å²) in [5.74, 6) is -0.406. The van der Waals surface area contributed by atoms with Gasteiger partial charge in [-0.1, -0.05) is 60.7 Å². The Bertz CT molecular complexity index is 1780. The van der Waals surface area contributed by atoms with Gasteiger partial charge in [-0.25, -0.2) is 0 Å². The van der Waals surface area contributed by atoms with Crippen molar-refractivity contribution in [2.75, 3.05) is 10.6 Å². The molecule has 6 heteroatoms. The molecular formula is C32H20N4O2. The van der Waals surface area contributed by atoms with Crippen molar-refractivity contribution in [1.29, 1.82) is 0 Å². The molecule has 0 saturated carbocycles. The average molecular weight is 493 g/mol. The molecule has 180 valence electrons. The molecule has 0 atom stereocenters. The van der Waals surface area contributed by atoms with Gasteiger partial charge in [0.25, 0.3) is 0 Å². The van der Waals surface area contributed by atoms with Gasteiger partial charge in [-0.2, -0.15) is 0 Å². The van der Waals surface area contributed by atoms with Crippen molar-refractivity contribution in [2.24, 2.45) is 0 Å². The molecule has 0 spiro atoms. The van der Waals surface area contributed by atoms with Crippen molar-refractivity contribution >= 4 is 56.1 Å². The van der Waals surface area contributed by atoms with Gasteiger partial charge < -0.3 is 10.6 Å². The Hall–Kier alpha value is -5.36. The smallest absolute Gasteiger partial charge is 0.198 e. The summed E-state index contributed by atoms with van der Waals surface area (Å²) < 4.78 is 0. The molecule has 0 unspecified atom stereocenters. The Morgan fingerprint density at radius 1 is 0.447 bits per heavy atom. The molecule has 1 aliphatic rings. The molecule has 2 N–H and O–H groups in total. The van der Waals surface area contributed by atoms with Crippen LogP contribution in [0.2, 0.25) is 0 Å². The van der Waals surface area contributed by atoms with Gasteiger partial charge in [0, 0.05) is 34.3 Å². The summed E-state index contributed by atoms with van der Waals surface area (Å²) in [5.41, 5.74) is 5.67. The minimum atomic E-state index is -0.220. The molecular weight excluding hydrogens is 472 g/mol. The minimum Gasteiger partial charge on any atom is -0.353 e. The summed E-state index contributed by atoms with van der Waals surface area (Å²) >= 11 is 0. The van der Waals surface area contributed by atoms with E-state index in [-0.39, 0.29) is 11.6 Å². The third kappa shape index (κ3) is 3.43. The van der Waals surface area contributed by atoms with Gasteiger partial charge in [-0.3, -0.25) is 19.6 Å². The Balaban J connectivity index is 1.35. The standard InChI is InChI=1S/C32H20N4O2/c37-31-21-11-3-13-23(35-25-15-1-7-19-9-5-17-33-29(19)25)27(21)32(38)28-22(31)12-4-14-24(28)36-26-16-2-8-20-10-6-18-34-30(20)26/h1-18,35-36H. The van der Waals surface area contributed by atoms with Crippen LogP contribution in [0, 0.1) is 0 Å². The number of nitrogens with one attached hydrogen (secondary N) is 2. The highest BCUT2D eigenvalue weighted by Gasteiger charge is 2.34. The van der Waals surface area contributed by atoms with E-state index in [1.807, 2.05) is 72.8 Å². The van der Waals surface area contributed by atoms with Crippen molar-refractivity contribution < 1.29 is 9.59 Å². The maximum absolute atomic E-state index is 14.1. The molecule has 1 aliphatic carbocycles. The normalized spacial score (nSPS) is 12.3. The lowest BCUT2D eigenvalue weighted by Gasteiger charge is -2.23. The maximum atomic E-state index is 14.1. The summed E-state index contributed by atoms with van der Waals surface area (Å²) in [7, 11) is 0. The number of nitrogens with zero attached hydrogens (tertiary/aromatic N) is 2. The van der Waals surface area contributed by atoms with Gasteiger partial charge in [0.15, 0.2) is 11.6 Å². The van der Waals surface area contributed by atoms with Gasteiger partial charge >= 0.3 is 0 Å². The van der Waals surface area contributed by atoms with Gasteiger partial charge in [-0.15, -0.1) is 0 Å². The average Bonchev–Trinajstić information content (AvgIpc) is 2.96. The van der Waals surface area contributed by atoms with E-state index in [1.165, 1.54) is 0 Å². The highest BCUT2D eigenvalue weighted by molar-refractivity contribution is 6.32. The fourth-order valence-corrected chi connectivity index (χ4v) is 5.15. The Morgan fingerprint density at radius 2 is 0.868 bits per heavy atom. The number of carbonyl (C=O) groups excluding carboxylic acids is 2. The second-order valence-corrected chi connectivity index (χ2v) is 9.13. The van der Waals surface area contributed by atoms with Crippen molar-refractivity contribution in [1.82, 2.24) is 9.97 Å². The monoisotopic (exact) mass is 492 g/mol. The van der Waals surface area contributed by atoms with Crippen LogP contribution in [0.5, 0.6) is 0 Å². The molecule has 4 aromatic carbocycles. The van der Waals surface area contributed by atoms with Crippen LogP contribution >= 0.6 is 0 Å². The first-order chi connectivity index (χ1) is 18.7. The fourth-order valence-electron chi connectivity index (χ4n) is 5.15. The third-order valence-corrected chi connectivity index (χ3v) is 6.88. The molecule has 0 saturated heterocycles. The fraction of sp³-hybridized carbons (Fsp3) is 0. The zero-order chi connectivity index (χ0) is 25.6. The van der Waals surface area contributed by atoms with Crippen LogP contribution in [0.4, 0.5) is 22.7 Å². The zero-order valence-corrected chi connectivity index (χ0v) is 20.1. The molecule has 2 heterocycles. The summed E-state index contributed by atoms with van der Waals surface area (Å²) in [6.07, 6.45) is 3.47. The number of carbonyl (C=O) groups is 2. The lowest BCUT2D eigenvalue weighted by Crippen LogP contribution is -2.23. The number of fused-ring (bicyclic) bond motifs is 4. The van der Waals surface area contributed by atoms with Crippen molar-refractivity contribution in [3.63, 3.8) is 0 Å². The molecule has 0 amide bonds. The molecule has 6 aromatic rings. The molecule has 2 aromatic heterocycles. The molecule has 0 fully saturated rings. The first kappa shape index (κ1) is 21.9. The van der Waals surface area contributed by atoms with Crippen LogP contribution < -0.4 is 10.6 Å². The summed E-state index contributed by atoms with van der Waals surface area (Å²) in [5, 5.41) is 8.72. The Morgan fingerprint density at radius 3 is 1.37 bits per heavy atom. The number of benzene rings is 4. The van der Waals surface area contributed by atoms with Crippen LogP contribution in [-0.4, -0.2) is 21.5 Å². The number of aromatic nitrogens is 2. The van der Waals surface area contributed by atoms with Crippen LogP contribution in [0.1, 0.15) is 31.8 Å².